The van der Waals surface area contributed by atoms with Crippen LogP contribution >= 0.6 is 0 Å². The van der Waals surface area contributed by atoms with Gasteiger partial charge in [0.25, 0.3) is 0 Å². The minimum Gasteiger partial charge on any atom is -0.507 e. The summed E-state index contributed by atoms with van der Waals surface area (Å²) in [5.41, 5.74) is -0.533. The Hall–Kier alpha value is -5.74. The third-order valence-electron chi connectivity index (χ3n) is 9.18. The zero-order valence-corrected chi connectivity index (χ0v) is 34.5. The molecule has 2 fully saturated rings. The molecule has 4 rings (SSSR count). The summed E-state index contributed by atoms with van der Waals surface area (Å²) < 4.78 is 57.4. The molecule has 2 saturated heterocycles. The first-order chi connectivity index (χ1) is 28.6. The summed E-state index contributed by atoms with van der Waals surface area (Å²) in [7, 11) is 0. The van der Waals surface area contributed by atoms with E-state index in [1.807, 2.05) is 0 Å². The average molecular weight is 865 g/mol. The third-order valence-corrected chi connectivity index (χ3v) is 9.18. The zero-order chi connectivity index (χ0) is 45.5. The summed E-state index contributed by atoms with van der Waals surface area (Å²) in [6.07, 6.45) is -16.3. The van der Waals surface area contributed by atoms with E-state index in [9.17, 15) is 53.7 Å². The van der Waals surface area contributed by atoms with Gasteiger partial charge < -0.3 is 62.7 Å². The molecule has 3 aliphatic rings. The number of phenolic OH excluding ortho intramolecular Hbond substituents is 2. The first-order valence-corrected chi connectivity index (χ1v) is 18.8. The predicted molar refractivity (Wildman–Crippen MR) is 199 cm³/mol. The second-order valence-electron chi connectivity index (χ2n) is 14.3. The van der Waals surface area contributed by atoms with Crippen molar-refractivity contribution in [1.29, 1.82) is 0 Å². The highest BCUT2D eigenvalue weighted by Crippen LogP contribution is 2.39. The van der Waals surface area contributed by atoms with Gasteiger partial charge in [0.2, 0.25) is 0 Å². The fourth-order valence-electron chi connectivity index (χ4n) is 6.88. The number of hydrogen-bond donors (Lipinski definition) is 3. The van der Waals surface area contributed by atoms with Gasteiger partial charge in [0.15, 0.2) is 54.7 Å². The average Bonchev–Trinajstić information content (AvgIpc) is 3.15. The molecule has 2 aliphatic heterocycles. The monoisotopic (exact) mass is 864 g/mol. The SMILES string of the molecule is CC(=O)OC[C@H]1O[C@@H](O[C@H]2[C@H](OC(C)=O)[C@@H](OC(C)=O)[C@H](O[C@H](CC=C(C)C)C3=CC(=O)c4c(O)ccc(O)c4C3=O)O[C@@H]2CO)[C@H](OC(C)=O)[C@@H](OC(C)=O)[C@H]1OC(C)=O. The number of aliphatic hydroxyl groups is 1. The van der Waals surface area contributed by atoms with Gasteiger partial charge in [0, 0.05) is 47.1 Å². The molecule has 0 saturated carbocycles. The highest BCUT2D eigenvalue weighted by Gasteiger charge is 2.58. The molecule has 2 heterocycles. The van der Waals surface area contributed by atoms with Gasteiger partial charge in [0.1, 0.15) is 36.4 Å². The van der Waals surface area contributed by atoms with E-state index in [4.69, 9.17) is 47.4 Å². The van der Waals surface area contributed by atoms with Gasteiger partial charge in [0.05, 0.1) is 23.8 Å². The first-order valence-electron chi connectivity index (χ1n) is 18.8. The maximum Gasteiger partial charge on any atom is 0.303 e. The van der Waals surface area contributed by atoms with Crippen LogP contribution in [-0.2, 0) is 76.1 Å². The van der Waals surface area contributed by atoms with E-state index in [2.05, 4.69) is 0 Å². The highest BCUT2D eigenvalue weighted by atomic mass is 16.8. The van der Waals surface area contributed by atoms with Gasteiger partial charge in [-0.3, -0.25) is 38.4 Å². The van der Waals surface area contributed by atoms with Crippen molar-refractivity contribution in [1.82, 2.24) is 0 Å². The lowest BCUT2D eigenvalue weighted by atomic mass is 9.85. The molecule has 0 unspecified atom stereocenters. The molecule has 0 spiro atoms. The normalized spacial score (nSPS) is 27.6. The van der Waals surface area contributed by atoms with Crippen LogP contribution in [0.3, 0.4) is 0 Å². The molecule has 334 valence electrons. The number of benzene rings is 1. The molecule has 1 aliphatic carbocycles. The first kappa shape index (κ1) is 47.9. The molecule has 1 aromatic carbocycles. The van der Waals surface area contributed by atoms with Crippen molar-refractivity contribution in [2.75, 3.05) is 13.2 Å². The summed E-state index contributed by atoms with van der Waals surface area (Å²) in [5, 5.41) is 31.7. The fourth-order valence-corrected chi connectivity index (χ4v) is 6.88. The molecule has 21 nitrogen and oxygen atoms in total. The number of carbonyl (C=O) groups is 8. The summed E-state index contributed by atoms with van der Waals surface area (Å²) >= 11 is 0. The van der Waals surface area contributed by atoms with E-state index >= 15 is 0 Å². The number of ether oxygens (including phenoxy) is 10. The number of fused-ring (bicyclic) bond motifs is 1. The summed E-state index contributed by atoms with van der Waals surface area (Å²) in [6.45, 7) is 7.94. The molecule has 21 heteroatoms. The van der Waals surface area contributed by atoms with E-state index in [-0.39, 0.29) is 12.0 Å². The van der Waals surface area contributed by atoms with Gasteiger partial charge in [-0.2, -0.15) is 0 Å². The van der Waals surface area contributed by atoms with Crippen molar-refractivity contribution in [3.63, 3.8) is 0 Å². The number of ketones is 2. The largest absolute Gasteiger partial charge is 0.507 e. The summed E-state index contributed by atoms with van der Waals surface area (Å²) in [5.74, 6) is -8.51. The lowest BCUT2D eigenvalue weighted by molar-refractivity contribution is -0.363. The minimum absolute atomic E-state index is 0.137. The molecule has 1 aromatic rings. The van der Waals surface area contributed by atoms with Crippen molar-refractivity contribution >= 4 is 47.4 Å². The van der Waals surface area contributed by atoms with Gasteiger partial charge in [-0.05, 0) is 38.5 Å². The number of allylic oxidation sites excluding steroid dienone is 2. The van der Waals surface area contributed by atoms with E-state index in [0.717, 1.165) is 65.3 Å². The van der Waals surface area contributed by atoms with Crippen molar-refractivity contribution in [3.05, 3.63) is 46.6 Å². The predicted octanol–water partition coefficient (Wildman–Crippen LogP) is 1.19. The Bertz CT molecular complexity index is 1950. The van der Waals surface area contributed by atoms with E-state index in [1.54, 1.807) is 19.9 Å². The second-order valence-corrected chi connectivity index (χ2v) is 14.3. The van der Waals surface area contributed by atoms with E-state index in [1.165, 1.54) is 0 Å². The topological polar surface area (TPSA) is 290 Å². The summed E-state index contributed by atoms with van der Waals surface area (Å²) in [4.78, 5) is 102. The number of phenols is 2. The number of aliphatic hydroxyl groups excluding tert-OH is 1. The Kier molecular flexibility index (Phi) is 16.3. The molecule has 0 radical (unpaired) electrons. The molecule has 3 N–H and O–H groups in total. The van der Waals surface area contributed by atoms with Crippen LogP contribution in [0.5, 0.6) is 11.5 Å². The Morgan fingerprint density at radius 3 is 1.62 bits per heavy atom. The van der Waals surface area contributed by atoms with Crippen molar-refractivity contribution < 1.29 is 101 Å². The van der Waals surface area contributed by atoms with Crippen LogP contribution in [0, 0.1) is 0 Å². The van der Waals surface area contributed by atoms with Gasteiger partial charge >= 0.3 is 35.8 Å². The molecule has 11 atom stereocenters. The number of hydrogen-bond acceptors (Lipinski definition) is 21. The Morgan fingerprint density at radius 1 is 0.639 bits per heavy atom. The van der Waals surface area contributed by atoms with E-state index < -0.39 is 151 Å². The van der Waals surface area contributed by atoms with E-state index in [0.29, 0.717) is 0 Å². The minimum atomic E-state index is -1.90. The lowest BCUT2D eigenvalue weighted by Crippen LogP contribution is -2.67. The third kappa shape index (κ3) is 12.0. The number of rotatable bonds is 15. The number of esters is 6. The maximum atomic E-state index is 13.9. The van der Waals surface area contributed by atoms with Crippen molar-refractivity contribution in [2.45, 2.75) is 129 Å². The van der Waals surface area contributed by atoms with Crippen LogP contribution in [0.15, 0.2) is 35.4 Å². The van der Waals surface area contributed by atoms with Crippen LogP contribution in [-0.4, -0.2) is 143 Å². The molecular formula is C40H48O21. The van der Waals surface area contributed by atoms with Crippen molar-refractivity contribution in [2.24, 2.45) is 0 Å². The van der Waals surface area contributed by atoms with Gasteiger partial charge in [-0.1, -0.05) is 11.6 Å². The lowest BCUT2D eigenvalue weighted by Gasteiger charge is -2.49. The van der Waals surface area contributed by atoms with Crippen LogP contribution in [0.2, 0.25) is 0 Å². The number of aromatic hydroxyl groups is 2. The van der Waals surface area contributed by atoms with Crippen LogP contribution in [0.1, 0.15) is 82.5 Å². The Balaban J connectivity index is 1.82. The summed E-state index contributed by atoms with van der Waals surface area (Å²) in [6, 6.07) is 2.07. The molecule has 0 bridgehead atoms. The highest BCUT2D eigenvalue weighted by molar-refractivity contribution is 6.27. The fraction of sp³-hybridized carbons (Fsp3) is 0.550. The second kappa shape index (κ2) is 20.7. The number of Topliss-reactive ketones (excluding diaryl/α,β-unsaturated/α-hetero) is 1. The molecular weight excluding hydrogens is 816 g/mol. The zero-order valence-electron chi connectivity index (χ0n) is 34.5. The standard InChI is InChI=1S/C40H48O21/c1-16(2)9-12-27(23-13-26(50)30-24(48)10-11-25(49)31(30)32(23)51)58-39-37(56-21(7)46)35(54-19(5)44)33(28(14-41)59-39)61-40-38(57-22(8)47)36(55-20(6)45)34(53-18(4)43)29(60-40)15-52-17(3)42/h9-11,13,27-29,33-41,48-49H,12,14-15H2,1-8H3/t27-,28-,29-,33-,34+,35+,36+,37-,38-,39-,40+/m1/s1. The van der Waals surface area contributed by atoms with Crippen molar-refractivity contribution in [3.8, 4) is 11.5 Å². The van der Waals surface area contributed by atoms with Crippen LogP contribution in [0.25, 0.3) is 0 Å². The van der Waals surface area contributed by atoms with Gasteiger partial charge in [-0.25, -0.2) is 0 Å². The molecule has 0 amide bonds. The quantitative estimate of drug-likeness (QED) is 0.0966. The number of carbonyl (C=O) groups excluding carboxylic acids is 8. The van der Waals surface area contributed by atoms with Crippen LogP contribution in [0.4, 0.5) is 0 Å². The Morgan fingerprint density at radius 2 is 1.11 bits per heavy atom. The Labute approximate surface area is 348 Å². The molecule has 0 aromatic heterocycles. The smallest absolute Gasteiger partial charge is 0.303 e. The maximum absolute atomic E-state index is 13.9. The van der Waals surface area contributed by atoms with Gasteiger partial charge in [-0.15, -0.1) is 0 Å². The molecule has 61 heavy (non-hydrogen) atoms. The van der Waals surface area contributed by atoms with Crippen LogP contribution < -0.4 is 0 Å².